The van der Waals surface area contributed by atoms with Crippen LogP contribution >= 0.6 is 0 Å². The number of amides is 1. The second-order valence-corrected chi connectivity index (χ2v) is 5.86. The lowest BCUT2D eigenvalue weighted by atomic mass is 10.1. The quantitative estimate of drug-likeness (QED) is 0.772. The summed E-state index contributed by atoms with van der Waals surface area (Å²) >= 11 is 0. The first kappa shape index (κ1) is 15.4. The molecule has 6 heteroatoms. The molecule has 1 amide bonds. The molecule has 1 aliphatic heterocycles. The molecule has 5 nitrogen and oxygen atoms in total. The van der Waals surface area contributed by atoms with Gasteiger partial charge >= 0.3 is 0 Å². The standard InChI is InChI=1S/C19H15FN4O/c20-18-6-12(15-9-22-11-23-10-15)2-4-17(18)19(25)24-16-3-1-13-7-21-8-14(13)5-16/h1-6,9-11,21H,7-8H2,(H,24,25). The molecule has 0 bridgehead atoms. The number of halogens is 1. The molecule has 0 atom stereocenters. The van der Waals surface area contributed by atoms with Crippen molar-refractivity contribution in [3.63, 3.8) is 0 Å². The lowest BCUT2D eigenvalue weighted by Gasteiger charge is -2.09. The summed E-state index contributed by atoms with van der Waals surface area (Å²) in [6, 6.07) is 10.2. The third-order valence-electron chi connectivity index (χ3n) is 4.20. The summed E-state index contributed by atoms with van der Waals surface area (Å²) in [5, 5.41) is 6.00. The van der Waals surface area contributed by atoms with Crippen LogP contribution in [0.3, 0.4) is 0 Å². The van der Waals surface area contributed by atoms with Crippen molar-refractivity contribution in [3.05, 3.63) is 77.6 Å². The Morgan fingerprint density at radius 1 is 1.00 bits per heavy atom. The van der Waals surface area contributed by atoms with Crippen molar-refractivity contribution in [3.8, 4) is 11.1 Å². The van der Waals surface area contributed by atoms with Crippen molar-refractivity contribution < 1.29 is 9.18 Å². The van der Waals surface area contributed by atoms with E-state index < -0.39 is 11.7 Å². The monoisotopic (exact) mass is 334 g/mol. The van der Waals surface area contributed by atoms with Gasteiger partial charge in [-0.25, -0.2) is 14.4 Å². The highest BCUT2D eigenvalue weighted by Gasteiger charge is 2.15. The molecule has 124 valence electrons. The van der Waals surface area contributed by atoms with E-state index in [2.05, 4.69) is 20.6 Å². The van der Waals surface area contributed by atoms with E-state index in [0.29, 0.717) is 16.8 Å². The highest BCUT2D eigenvalue weighted by Crippen LogP contribution is 2.23. The topological polar surface area (TPSA) is 66.9 Å². The van der Waals surface area contributed by atoms with Gasteiger partial charge in [0.05, 0.1) is 5.56 Å². The minimum atomic E-state index is -0.582. The van der Waals surface area contributed by atoms with Crippen molar-refractivity contribution >= 4 is 11.6 Å². The minimum absolute atomic E-state index is 0.000719. The predicted molar refractivity (Wildman–Crippen MR) is 92.4 cm³/mol. The second kappa shape index (κ2) is 6.41. The number of rotatable bonds is 3. The molecule has 0 unspecified atom stereocenters. The van der Waals surface area contributed by atoms with Gasteiger partial charge in [-0.2, -0.15) is 0 Å². The number of nitrogens with zero attached hydrogens (tertiary/aromatic N) is 2. The van der Waals surface area contributed by atoms with Crippen LogP contribution in [-0.4, -0.2) is 15.9 Å². The lowest BCUT2D eigenvalue weighted by Crippen LogP contribution is -2.14. The van der Waals surface area contributed by atoms with Crippen LogP contribution in [0.2, 0.25) is 0 Å². The van der Waals surface area contributed by atoms with Crippen molar-refractivity contribution in [2.24, 2.45) is 0 Å². The smallest absolute Gasteiger partial charge is 0.258 e. The van der Waals surface area contributed by atoms with Crippen LogP contribution in [0.5, 0.6) is 0 Å². The molecule has 3 aromatic rings. The fourth-order valence-corrected chi connectivity index (χ4v) is 2.90. The first-order chi connectivity index (χ1) is 12.2. The number of carbonyl (C=O) groups is 1. The molecule has 1 aliphatic rings. The average molecular weight is 334 g/mol. The molecular weight excluding hydrogens is 319 g/mol. The van der Waals surface area contributed by atoms with Gasteiger partial charge in [-0.05, 0) is 41.0 Å². The van der Waals surface area contributed by atoms with Crippen LogP contribution in [0.25, 0.3) is 11.1 Å². The van der Waals surface area contributed by atoms with Gasteiger partial charge in [0, 0.05) is 36.7 Å². The summed E-state index contributed by atoms with van der Waals surface area (Å²) in [7, 11) is 0. The molecule has 2 N–H and O–H groups in total. The third kappa shape index (κ3) is 3.12. The zero-order valence-electron chi connectivity index (χ0n) is 13.3. The summed E-state index contributed by atoms with van der Waals surface area (Å²) in [6.07, 6.45) is 4.61. The maximum absolute atomic E-state index is 14.4. The van der Waals surface area contributed by atoms with Crippen molar-refractivity contribution in [2.45, 2.75) is 13.1 Å². The normalized spacial score (nSPS) is 12.7. The Kier molecular flexibility index (Phi) is 3.95. The number of hydrogen-bond donors (Lipinski definition) is 2. The van der Waals surface area contributed by atoms with Crippen LogP contribution < -0.4 is 10.6 Å². The SMILES string of the molecule is O=C(Nc1ccc2c(c1)CNC2)c1ccc(-c2cncnc2)cc1F. The average Bonchev–Trinajstić information content (AvgIpc) is 3.10. The van der Waals surface area contributed by atoms with Crippen LogP contribution in [0.1, 0.15) is 21.5 Å². The van der Waals surface area contributed by atoms with Crippen molar-refractivity contribution in [2.75, 3.05) is 5.32 Å². The predicted octanol–water partition coefficient (Wildman–Crippen LogP) is 3.14. The van der Waals surface area contributed by atoms with E-state index in [4.69, 9.17) is 0 Å². The van der Waals surface area contributed by atoms with Crippen LogP contribution in [-0.2, 0) is 13.1 Å². The Hall–Kier alpha value is -3.12. The van der Waals surface area contributed by atoms with Gasteiger partial charge in [0.15, 0.2) is 0 Å². The van der Waals surface area contributed by atoms with Gasteiger partial charge < -0.3 is 10.6 Å². The fourth-order valence-electron chi connectivity index (χ4n) is 2.90. The Morgan fingerprint density at radius 3 is 2.60 bits per heavy atom. The second-order valence-electron chi connectivity index (χ2n) is 5.86. The van der Waals surface area contributed by atoms with Crippen LogP contribution in [0.4, 0.5) is 10.1 Å². The van der Waals surface area contributed by atoms with Crippen molar-refractivity contribution in [1.82, 2.24) is 15.3 Å². The number of aromatic nitrogens is 2. The van der Waals surface area contributed by atoms with Gasteiger partial charge in [-0.15, -0.1) is 0 Å². The highest BCUT2D eigenvalue weighted by molar-refractivity contribution is 6.04. The Balaban J connectivity index is 1.56. The molecule has 2 heterocycles. The van der Waals surface area contributed by atoms with E-state index in [9.17, 15) is 9.18 Å². The zero-order valence-corrected chi connectivity index (χ0v) is 13.3. The summed E-state index contributed by atoms with van der Waals surface area (Å²) in [5.41, 5.74) is 4.35. The maximum Gasteiger partial charge on any atom is 0.258 e. The summed E-state index contributed by atoms with van der Waals surface area (Å²) in [4.78, 5) is 20.2. The number of hydrogen-bond acceptors (Lipinski definition) is 4. The largest absolute Gasteiger partial charge is 0.322 e. The Morgan fingerprint density at radius 2 is 1.80 bits per heavy atom. The molecule has 0 radical (unpaired) electrons. The number of anilines is 1. The summed E-state index contributed by atoms with van der Waals surface area (Å²) in [5.74, 6) is -1.05. The van der Waals surface area contributed by atoms with E-state index in [-0.39, 0.29) is 5.56 Å². The van der Waals surface area contributed by atoms with Gasteiger partial charge in [0.25, 0.3) is 5.91 Å². The molecule has 0 spiro atoms. The Labute approximate surface area is 144 Å². The highest BCUT2D eigenvalue weighted by atomic mass is 19.1. The number of benzene rings is 2. The van der Waals surface area contributed by atoms with E-state index in [0.717, 1.165) is 18.7 Å². The third-order valence-corrected chi connectivity index (χ3v) is 4.20. The summed E-state index contributed by atoms with van der Waals surface area (Å²) in [6.45, 7) is 1.62. The fraction of sp³-hybridized carbons (Fsp3) is 0.105. The molecule has 4 rings (SSSR count). The van der Waals surface area contributed by atoms with Gasteiger partial charge in [0.1, 0.15) is 12.1 Å². The molecule has 25 heavy (non-hydrogen) atoms. The van der Waals surface area contributed by atoms with Crippen LogP contribution in [0, 0.1) is 5.82 Å². The molecule has 0 fully saturated rings. The molecule has 0 saturated carbocycles. The van der Waals surface area contributed by atoms with E-state index in [1.165, 1.54) is 24.0 Å². The molecule has 2 aromatic carbocycles. The molecule has 0 saturated heterocycles. The van der Waals surface area contributed by atoms with E-state index in [1.54, 1.807) is 18.5 Å². The number of nitrogens with one attached hydrogen (secondary N) is 2. The van der Waals surface area contributed by atoms with Crippen molar-refractivity contribution in [1.29, 1.82) is 0 Å². The van der Waals surface area contributed by atoms with Crippen LogP contribution in [0.15, 0.2) is 55.1 Å². The van der Waals surface area contributed by atoms with E-state index >= 15 is 0 Å². The van der Waals surface area contributed by atoms with Gasteiger partial charge in [0.2, 0.25) is 0 Å². The van der Waals surface area contributed by atoms with Gasteiger partial charge in [-0.3, -0.25) is 4.79 Å². The molecule has 0 aliphatic carbocycles. The summed E-state index contributed by atoms with van der Waals surface area (Å²) < 4.78 is 14.4. The Bertz CT molecular complexity index is 943. The first-order valence-corrected chi connectivity index (χ1v) is 7.89. The zero-order chi connectivity index (χ0) is 17.2. The van der Waals surface area contributed by atoms with Gasteiger partial charge in [-0.1, -0.05) is 12.1 Å². The number of fused-ring (bicyclic) bond motifs is 1. The molecular formula is C19H15FN4O. The lowest BCUT2D eigenvalue weighted by molar-refractivity contribution is 0.102. The minimum Gasteiger partial charge on any atom is -0.322 e. The molecule has 1 aromatic heterocycles. The van der Waals surface area contributed by atoms with E-state index in [1.807, 2.05) is 18.2 Å². The first-order valence-electron chi connectivity index (χ1n) is 7.89. The maximum atomic E-state index is 14.4. The number of carbonyl (C=O) groups excluding carboxylic acids is 1.